The Morgan fingerprint density at radius 3 is 2.59 bits per heavy atom. The normalized spacial score (nSPS) is 14.1. The Morgan fingerprint density at radius 2 is 1.96 bits per heavy atom. The van der Waals surface area contributed by atoms with Gasteiger partial charge in [-0.1, -0.05) is 12.1 Å². The summed E-state index contributed by atoms with van der Waals surface area (Å²) in [5.41, 5.74) is 6.69. The number of rotatable bonds is 4. The molecule has 3 aromatic rings. The fourth-order valence-electron chi connectivity index (χ4n) is 2.82. The number of nitriles is 1. The highest BCUT2D eigenvalue weighted by molar-refractivity contribution is 5.83. The molecule has 0 amide bonds. The van der Waals surface area contributed by atoms with Crippen molar-refractivity contribution in [1.82, 2.24) is 9.97 Å². The number of aromatic nitrogens is 2. The molecule has 0 spiro atoms. The summed E-state index contributed by atoms with van der Waals surface area (Å²) in [4.78, 5) is 7.44. The second-order valence-electron chi connectivity index (χ2n) is 6.19. The maximum atomic E-state index is 13.4. The van der Waals surface area contributed by atoms with Crippen LogP contribution in [0.5, 0.6) is 0 Å². The van der Waals surface area contributed by atoms with Crippen molar-refractivity contribution in [3.8, 4) is 17.2 Å². The first-order valence-corrected chi connectivity index (χ1v) is 8.14. The summed E-state index contributed by atoms with van der Waals surface area (Å²) in [7, 11) is 1.54. The Kier molecular flexibility index (Phi) is 4.91. The highest BCUT2D eigenvalue weighted by Crippen LogP contribution is 2.38. The van der Waals surface area contributed by atoms with Gasteiger partial charge in [0.1, 0.15) is 5.82 Å². The number of aromatic amines is 1. The second kappa shape index (κ2) is 7.02. The van der Waals surface area contributed by atoms with Crippen molar-refractivity contribution >= 4 is 11.0 Å². The van der Waals surface area contributed by atoms with Crippen LogP contribution in [0.3, 0.4) is 0 Å². The minimum absolute atomic E-state index is 0.00546. The Labute approximate surface area is 153 Å². The van der Waals surface area contributed by atoms with Crippen molar-refractivity contribution in [2.75, 3.05) is 7.11 Å². The molecule has 0 unspecified atom stereocenters. The van der Waals surface area contributed by atoms with Gasteiger partial charge >= 0.3 is 6.18 Å². The molecule has 2 aromatic carbocycles. The first-order chi connectivity index (χ1) is 12.7. The van der Waals surface area contributed by atoms with Gasteiger partial charge < -0.3 is 15.5 Å². The molecule has 0 aliphatic rings. The molecule has 8 heteroatoms. The van der Waals surface area contributed by atoms with Crippen LogP contribution in [0.1, 0.15) is 29.9 Å². The monoisotopic (exact) mass is 374 g/mol. The third-order valence-corrected chi connectivity index (χ3v) is 4.46. The van der Waals surface area contributed by atoms with E-state index in [9.17, 15) is 13.2 Å². The highest BCUT2D eigenvalue weighted by Gasteiger charge is 2.34. The lowest BCUT2D eigenvalue weighted by atomic mass is 9.97. The molecule has 0 bridgehead atoms. The van der Waals surface area contributed by atoms with Gasteiger partial charge in [-0.25, -0.2) is 4.98 Å². The van der Waals surface area contributed by atoms with Gasteiger partial charge in [0.25, 0.3) is 0 Å². The molecule has 0 radical (unpaired) electrons. The molecule has 1 heterocycles. The number of ether oxygens (including phenoxy) is 1. The largest absolute Gasteiger partial charge is 0.417 e. The summed E-state index contributed by atoms with van der Waals surface area (Å²) in [6.07, 6.45) is -4.85. The Balaban J connectivity index is 2.10. The molecule has 5 nitrogen and oxygen atoms in total. The van der Waals surface area contributed by atoms with E-state index in [0.29, 0.717) is 22.4 Å². The summed E-state index contributed by atoms with van der Waals surface area (Å²) in [6, 6.07) is 9.55. The fraction of sp³-hybridized carbons (Fsp3) is 0.263. The van der Waals surface area contributed by atoms with E-state index in [1.165, 1.54) is 19.2 Å². The van der Waals surface area contributed by atoms with Crippen molar-refractivity contribution in [3.63, 3.8) is 0 Å². The number of H-pyrrole nitrogens is 1. The number of hydrogen-bond acceptors (Lipinski definition) is 4. The average Bonchev–Trinajstić information content (AvgIpc) is 3.08. The number of hydrogen-bond donors (Lipinski definition) is 2. The molecule has 1 aromatic heterocycles. The lowest BCUT2D eigenvalue weighted by molar-refractivity contribution is -0.137. The van der Waals surface area contributed by atoms with Gasteiger partial charge in [-0.15, -0.1) is 0 Å². The van der Waals surface area contributed by atoms with E-state index in [2.05, 4.69) is 9.97 Å². The number of halogens is 3. The number of benzene rings is 2. The number of imidazole rings is 1. The van der Waals surface area contributed by atoms with Gasteiger partial charge in [-0.2, -0.15) is 18.4 Å². The van der Waals surface area contributed by atoms with Crippen LogP contribution in [-0.2, 0) is 10.9 Å². The Hall–Kier alpha value is -2.89. The zero-order valence-electron chi connectivity index (χ0n) is 14.6. The third-order valence-electron chi connectivity index (χ3n) is 4.46. The van der Waals surface area contributed by atoms with Gasteiger partial charge in [0.15, 0.2) is 0 Å². The molecule has 3 rings (SSSR count). The summed E-state index contributed by atoms with van der Waals surface area (Å²) in [5, 5.41) is 8.90. The lowest BCUT2D eigenvalue weighted by Gasteiger charge is -2.15. The standard InChI is InChI=1S/C19H17F3N4O/c1-10(27-2)17(24)18-25-15-6-4-12(8-16(15)26-18)13-5-3-11(9-23)7-14(13)19(20,21)22/h3-8,10,17H,24H2,1-2H3,(H,25,26)/t10-,17+/m1/s1. The number of methoxy groups -OCH3 is 1. The second-order valence-corrected chi connectivity index (χ2v) is 6.19. The maximum Gasteiger partial charge on any atom is 0.417 e. The van der Waals surface area contributed by atoms with E-state index in [-0.39, 0.29) is 17.2 Å². The predicted molar refractivity (Wildman–Crippen MR) is 94.6 cm³/mol. The van der Waals surface area contributed by atoms with Crippen molar-refractivity contribution in [2.24, 2.45) is 5.73 Å². The molecule has 140 valence electrons. The van der Waals surface area contributed by atoms with Gasteiger partial charge in [0.2, 0.25) is 0 Å². The minimum atomic E-state index is -4.58. The van der Waals surface area contributed by atoms with E-state index in [1.807, 2.05) is 0 Å². The minimum Gasteiger partial charge on any atom is -0.380 e. The van der Waals surface area contributed by atoms with Gasteiger partial charge in [-0.05, 0) is 42.3 Å². The van der Waals surface area contributed by atoms with Crippen molar-refractivity contribution in [1.29, 1.82) is 5.26 Å². The first-order valence-electron chi connectivity index (χ1n) is 8.14. The van der Waals surface area contributed by atoms with Crippen LogP contribution in [0.2, 0.25) is 0 Å². The average molecular weight is 374 g/mol. The maximum absolute atomic E-state index is 13.4. The number of nitrogens with zero attached hydrogens (tertiary/aromatic N) is 2. The number of alkyl halides is 3. The van der Waals surface area contributed by atoms with E-state index >= 15 is 0 Å². The SMILES string of the molecule is CO[C@H](C)[C@H](N)c1nc2ccc(-c3ccc(C#N)cc3C(F)(F)F)cc2[nH]1. The summed E-state index contributed by atoms with van der Waals surface area (Å²) < 4.78 is 45.5. The molecular weight excluding hydrogens is 357 g/mol. The molecule has 0 saturated carbocycles. The van der Waals surface area contributed by atoms with Gasteiger partial charge in [-0.3, -0.25) is 0 Å². The van der Waals surface area contributed by atoms with Crippen molar-refractivity contribution < 1.29 is 17.9 Å². The van der Waals surface area contributed by atoms with E-state index in [4.69, 9.17) is 15.7 Å². The topological polar surface area (TPSA) is 87.7 Å². The molecule has 0 aliphatic carbocycles. The Morgan fingerprint density at radius 1 is 1.22 bits per heavy atom. The molecule has 27 heavy (non-hydrogen) atoms. The van der Waals surface area contributed by atoms with Gasteiger partial charge in [0.05, 0.1) is 40.4 Å². The molecule has 2 atom stereocenters. The van der Waals surface area contributed by atoms with Gasteiger partial charge in [0, 0.05) is 7.11 Å². The highest BCUT2D eigenvalue weighted by atomic mass is 19.4. The number of nitrogens with two attached hydrogens (primary N) is 1. The van der Waals surface area contributed by atoms with Crippen LogP contribution in [0.15, 0.2) is 36.4 Å². The van der Waals surface area contributed by atoms with Crippen LogP contribution >= 0.6 is 0 Å². The summed E-state index contributed by atoms with van der Waals surface area (Å²) in [5.74, 6) is 0.493. The Bertz CT molecular complexity index is 1020. The van der Waals surface area contributed by atoms with Crippen LogP contribution in [0.25, 0.3) is 22.2 Å². The molecule has 3 N–H and O–H groups in total. The van der Waals surface area contributed by atoms with Crippen LogP contribution < -0.4 is 5.73 Å². The summed E-state index contributed by atoms with van der Waals surface area (Å²) >= 11 is 0. The molecule has 0 fully saturated rings. The number of fused-ring (bicyclic) bond motifs is 1. The van der Waals surface area contributed by atoms with E-state index in [1.54, 1.807) is 31.2 Å². The van der Waals surface area contributed by atoms with Crippen LogP contribution in [0, 0.1) is 11.3 Å². The molecular formula is C19H17F3N4O. The van der Waals surface area contributed by atoms with E-state index < -0.39 is 17.8 Å². The predicted octanol–water partition coefficient (Wildman–Crippen LogP) is 4.16. The van der Waals surface area contributed by atoms with Crippen LogP contribution in [-0.4, -0.2) is 23.2 Å². The van der Waals surface area contributed by atoms with Crippen LogP contribution in [0.4, 0.5) is 13.2 Å². The lowest BCUT2D eigenvalue weighted by Crippen LogP contribution is -2.26. The van der Waals surface area contributed by atoms with Crippen molar-refractivity contribution in [3.05, 3.63) is 53.3 Å². The molecule has 0 aliphatic heterocycles. The number of nitrogens with one attached hydrogen (secondary N) is 1. The van der Waals surface area contributed by atoms with Crippen molar-refractivity contribution in [2.45, 2.75) is 25.2 Å². The smallest absolute Gasteiger partial charge is 0.380 e. The molecule has 0 saturated heterocycles. The fourth-order valence-corrected chi connectivity index (χ4v) is 2.82. The third kappa shape index (κ3) is 3.65. The zero-order chi connectivity index (χ0) is 19.8. The first kappa shape index (κ1) is 18.9. The van der Waals surface area contributed by atoms with E-state index in [0.717, 1.165) is 6.07 Å². The zero-order valence-corrected chi connectivity index (χ0v) is 14.6. The quantitative estimate of drug-likeness (QED) is 0.718. The summed E-state index contributed by atoms with van der Waals surface area (Å²) in [6.45, 7) is 1.80.